The number of hydrogen-bond acceptors (Lipinski definition) is 4. The maximum absolute atomic E-state index is 5.80. The van der Waals surface area contributed by atoms with Gasteiger partial charge in [-0.1, -0.05) is 42.5 Å². The molecule has 21 heavy (non-hydrogen) atoms. The van der Waals surface area contributed by atoms with Crippen LogP contribution in [-0.4, -0.2) is 22.6 Å². The third kappa shape index (κ3) is 3.34. The summed E-state index contributed by atoms with van der Waals surface area (Å²) in [4.78, 5) is 0. The van der Waals surface area contributed by atoms with Crippen molar-refractivity contribution in [3.05, 3.63) is 60.3 Å². The van der Waals surface area contributed by atoms with E-state index in [1.54, 1.807) is 18.0 Å². The number of aromatic nitrogens is 2. The van der Waals surface area contributed by atoms with Gasteiger partial charge in [-0.3, -0.25) is 0 Å². The fraction of sp³-hybridized carbons (Fsp3) is 0.176. The lowest BCUT2D eigenvalue weighted by molar-refractivity contribution is 0.341. The van der Waals surface area contributed by atoms with Crippen LogP contribution in [0.4, 0.5) is 0 Å². The van der Waals surface area contributed by atoms with E-state index in [1.165, 1.54) is 0 Å². The zero-order chi connectivity index (χ0) is 14.5. The number of ether oxygens (including phenoxy) is 1. The molecule has 0 unspecified atom stereocenters. The van der Waals surface area contributed by atoms with Crippen LogP contribution in [0, 0.1) is 6.92 Å². The Balaban J connectivity index is 1.61. The van der Waals surface area contributed by atoms with Gasteiger partial charge in [-0.2, -0.15) is 5.10 Å². The molecule has 0 saturated carbocycles. The summed E-state index contributed by atoms with van der Waals surface area (Å²) in [6.07, 6.45) is 1.79. The molecule has 106 valence electrons. The summed E-state index contributed by atoms with van der Waals surface area (Å²) in [5, 5.41) is 11.5. The van der Waals surface area contributed by atoms with Gasteiger partial charge in [-0.05, 0) is 18.6 Å². The van der Waals surface area contributed by atoms with E-state index in [0.29, 0.717) is 6.61 Å². The second-order valence-electron chi connectivity index (χ2n) is 4.70. The lowest BCUT2D eigenvalue weighted by Gasteiger charge is -2.08. The average molecular weight is 296 g/mol. The summed E-state index contributed by atoms with van der Waals surface area (Å²) in [6.45, 7) is 2.71. The zero-order valence-corrected chi connectivity index (χ0v) is 12.6. The maximum Gasteiger partial charge on any atom is 0.127 e. The fourth-order valence-corrected chi connectivity index (χ4v) is 2.92. The Morgan fingerprint density at radius 1 is 1.05 bits per heavy atom. The second kappa shape index (κ2) is 6.59. The summed E-state index contributed by atoms with van der Waals surface area (Å²) in [5.41, 5.74) is 1.16. The highest BCUT2D eigenvalue weighted by Gasteiger charge is 2.04. The standard InChI is InChI=1S/C17H16N2OS/c1-13-6-2-5-9-16(13)20-10-11-21-17-15-8-4-3-7-14(15)12-18-19-17/h2-9,12H,10-11H2,1H3. The number of hydrogen-bond donors (Lipinski definition) is 0. The monoisotopic (exact) mass is 296 g/mol. The van der Waals surface area contributed by atoms with Crippen LogP contribution in [0.5, 0.6) is 5.75 Å². The van der Waals surface area contributed by atoms with Gasteiger partial charge < -0.3 is 4.74 Å². The molecule has 0 bridgehead atoms. The van der Waals surface area contributed by atoms with Gasteiger partial charge in [0.15, 0.2) is 0 Å². The number of thioether (sulfide) groups is 1. The predicted octanol–water partition coefficient (Wildman–Crippen LogP) is 4.11. The minimum Gasteiger partial charge on any atom is -0.492 e. The molecule has 1 heterocycles. The Morgan fingerprint density at radius 3 is 2.76 bits per heavy atom. The van der Waals surface area contributed by atoms with E-state index >= 15 is 0 Å². The second-order valence-corrected chi connectivity index (χ2v) is 5.78. The van der Waals surface area contributed by atoms with E-state index < -0.39 is 0 Å². The molecule has 4 heteroatoms. The van der Waals surface area contributed by atoms with Crippen LogP contribution >= 0.6 is 11.8 Å². The van der Waals surface area contributed by atoms with Crippen molar-refractivity contribution in [2.75, 3.05) is 12.4 Å². The first kappa shape index (κ1) is 13.9. The van der Waals surface area contributed by atoms with Gasteiger partial charge in [0.05, 0.1) is 12.8 Å². The van der Waals surface area contributed by atoms with Gasteiger partial charge in [-0.15, -0.1) is 16.9 Å². The number of nitrogens with zero attached hydrogens (tertiary/aromatic N) is 2. The van der Waals surface area contributed by atoms with Crippen molar-refractivity contribution in [3.63, 3.8) is 0 Å². The molecule has 2 aromatic carbocycles. The molecule has 0 amide bonds. The zero-order valence-electron chi connectivity index (χ0n) is 11.8. The van der Waals surface area contributed by atoms with Crippen LogP contribution in [0.1, 0.15) is 5.56 Å². The average Bonchev–Trinajstić information content (AvgIpc) is 2.53. The minimum absolute atomic E-state index is 0.653. The van der Waals surface area contributed by atoms with Gasteiger partial charge in [0, 0.05) is 16.5 Å². The van der Waals surface area contributed by atoms with Crippen LogP contribution in [0.25, 0.3) is 10.8 Å². The first-order valence-electron chi connectivity index (χ1n) is 6.86. The summed E-state index contributed by atoms with van der Waals surface area (Å²) < 4.78 is 5.80. The Morgan fingerprint density at radius 2 is 1.86 bits per heavy atom. The molecule has 0 spiro atoms. The largest absolute Gasteiger partial charge is 0.492 e. The Kier molecular flexibility index (Phi) is 4.36. The molecular weight excluding hydrogens is 280 g/mol. The Bertz CT molecular complexity index is 740. The smallest absolute Gasteiger partial charge is 0.127 e. The van der Waals surface area contributed by atoms with Crippen LogP contribution < -0.4 is 4.74 Å². The van der Waals surface area contributed by atoms with Crippen molar-refractivity contribution >= 4 is 22.5 Å². The highest BCUT2D eigenvalue weighted by molar-refractivity contribution is 7.99. The van der Waals surface area contributed by atoms with Gasteiger partial charge in [-0.25, -0.2) is 0 Å². The highest BCUT2D eigenvalue weighted by Crippen LogP contribution is 2.24. The number of fused-ring (bicyclic) bond motifs is 1. The predicted molar refractivity (Wildman–Crippen MR) is 86.9 cm³/mol. The van der Waals surface area contributed by atoms with E-state index in [-0.39, 0.29) is 0 Å². The molecule has 0 N–H and O–H groups in total. The molecule has 0 aliphatic heterocycles. The Hall–Kier alpha value is -2.07. The van der Waals surface area contributed by atoms with Crippen molar-refractivity contribution in [1.29, 1.82) is 0 Å². The first-order chi connectivity index (χ1) is 10.3. The summed E-state index contributed by atoms with van der Waals surface area (Å²) in [7, 11) is 0. The summed E-state index contributed by atoms with van der Waals surface area (Å²) in [6, 6.07) is 16.2. The lowest BCUT2D eigenvalue weighted by atomic mass is 10.2. The number of aryl methyl sites for hydroxylation is 1. The third-order valence-corrected chi connectivity index (χ3v) is 4.16. The molecule has 3 aromatic rings. The highest BCUT2D eigenvalue weighted by atomic mass is 32.2. The molecule has 3 nitrogen and oxygen atoms in total. The van der Waals surface area contributed by atoms with E-state index in [4.69, 9.17) is 4.74 Å². The van der Waals surface area contributed by atoms with Crippen molar-refractivity contribution in [2.45, 2.75) is 11.9 Å². The SMILES string of the molecule is Cc1ccccc1OCCSc1nncc2ccccc12. The van der Waals surface area contributed by atoms with Crippen LogP contribution in [0.2, 0.25) is 0 Å². The van der Waals surface area contributed by atoms with E-state index in [1.807, 2.05) is 30.3 Å². The molecule has 0 aliphatic carbocycles. The molecular formula is C17H16N2OS. The van der Waals surface area contributed by atoms with E-state index in [0.717, 1.165) is 32.9 Å². The topological polar surface area (TPSA) is 35.0 Å². The molecule has 0 radical (unpaired) electrons. The van der Waals surface area contributed by atoms with Crippen LogP contribution in [-0.2, 0) is 0 Å². The molecule has 1 aromatic heterocycles. The third-order valence-electron chi connectivity index (χ3n) is 3.21. The first-order valence-corrected chi connectivity index (χ1v) is 7.85. The number of rotatable bonds is 5. The summed E-state index contributed by atoms with van der Waals surface area (Å²) >= 11 is 1.68. The van der Waals surface area contributed by atoms with E-state index in [2.05, 4.69) is 35.3 Å². The molecule has 3 rings (SSSR count). The Labute approximate surface area is 128 Å². The summed E-state index contributed by atoms with van der Waals surface area (Å²) in [5.74, 6) is 1.79. The van der Waals surface area contributed by atoms with Crippen LogP contribution in [0.15, 0.2) is 59.8 Å². The van der Waals surface area contributed by atoms with E-state index in [9.17, 15) is 0 Å². The van der Waals surface area contributed by atoms with Crippen molar-refractivity contribution in [1.82, 2.24) is 10.2 Å². The van der Waals surface area contributed by atoms with Crippen LogP contribution in [0.3, 0.4) is 0 Å². The molecule has 0 atom stereocenters. The lowest BCUT2D eigenvalue weighted by Crippen LogP contribution is -2.02. The van der Waals surface area contributed by atoms with Crippen molar-refractivity contribution < 1.29 is 4.74 Å². The normalized spacial score (nSPS) is 10.7. The fourth-order valence-electron chi connectivity index (χ4n) is 2.12. The van der Waals surface area contributed by atoms with Gasteiger partial charge in [0.25, 0.3) is 0 Å². The van der Waals surface area contributed by atoms with Gasteiger partial charge >= 0.3 is 0 Å². The maximum atomic E-state index is 5.80. The van der Waals surface area contributed by atoms with Crippen molar-refractivity contribution in [3.8, 4) is 5.75 Å². The number of para-hydroxylation sites is 1. The van der Waals surface area contributed by atoms with Gasteiger partial charge in [0.1, 0.15) is 10.8 Å². The van der Waals surface area contributed by atoms with Crippen molar-refractivity contribution in [2.24, 2.45) is 0 Å². The minimum atomic E-state index is 0.653. The molecule has 0 saturated heterocycles. The van der Waals surface area contributed by atoms with Gasteiger partial charge in [0.2, 0.25) is 0 Å². The molecule has 0 aliphatic rings. The molecule has 0 fully saturated rings. The number of benzene rings is 2. The quantitative estimate of drug-likeness (QED) is 0.524.